The third-order valence-electron chi connectivity index (χ3n) is 3.17. The lowest BCUT2D eigenvalue weighted by atomic mass is 10.2. The monoisotopic (exact) mass is 460 g/mol. The van der Waals surface area contributed by atoms with Crippen LogP contribution in [0.25, 0.3) is 0 Å². The van der Waals surface area contributed by atoms with Crippen molar-refractivity contribution < 1.29 is 4.74 Å². The van der Waals surface area contributed by atoms with Gasteiger partial charge in [0.2, 0.25) is 0 Å². The summed E-state index contributed by atoms with van der Waals surface area (Å²) in [7, 11) is 1.77. The Morgan fingerprint density at radius 1 is 1.21 bits per heavy atom. The SMILES string of the molecule is CN=C(NCCOCc1ccccc1)NCCc1ncc(C)s1.I. The number of nitrogens with one attached hydrogen (secondary N) is 2. The lowest BCUT2D eigenvalue weighted by Gasteiger charge is -2.11. The van der Waals surface area contributed by atoms with Crippen LogP contribution < -0.4 is 10.6 Å². The van der Waals surface area contributed by atoms with Gasteiger partial charge in [0.05, 0.1) is 18.2 Å². The zero-order valence-electron chi connectivity index (χ0n) is 14.1. The fourth-order valence-corrected chi connectivity index (χ4v) is 2.82. The Bertz CT molecular complexity index is 604. The van der Waals surface area contributed by atoms with Gasteiger partial charge in [-0.15, -0.1) is 35.3 Å². The summed E-state index contributed by atoms with van der Waals surface area (Å²) in [6.45, 7) is 4.89. The molecule has 24 heavy (non-hydrogen) atoms. The Kier molecular flexibility index (Phi) is 10.6. The van der Waals surface area contributed by atoms with E-state index in [1.807, 2.05) is 24.4 Å². The van der Waals surface area contributed by atoms with Crippen LogP contribution in [0.4, 0.5) is 0 Å². The zero-order valence-corrected chi connectivity index (χ0v) is 17.3. The smallest absolute Gasteiger partial charge is 0.191 e. The first-order valence-corrected chi connectivity index (χ1v) is 8.57. The highest BCUT2D eigenvalue weighted by atomic mass is 127. The first-order chi connectivity index (χ1) is 11.3. The summed E-state index contributed by atoms with van der Waals surface area (Å²) in [5.74, 6) is 0.793. The van der Waals surface area contributed by atoms with Crippen LogP contribution >= 0.6 is 35.3 Å². The number of hydrogen-bond acceptors (Lipinski definition) is 4. The third-order valence-corrected chi connectivity index (χ3v) is 4.15. The van der Waals surface area contributed by atoms with E-state index in [0.29, 0.717) is 13.2 Å². The molecular weight excluding hydrogens is 435 g/mol. The summed E-state index contributed by atoms with van der Waals surface area (Å²) in [6.07, 6.45) is 2.82. The fourth-order valence-electron chi connectivity index (χ4n) is 2.03. The van der Waals surface area contributed by atoms with Crippen LogP contribution in [-0.4, -0.2) is 37.7 Å². The predicted octanol–water partition coefficient (Wildman–Crippen LogP) is 2.99. The molecule has 0 saturated heterocycles. The minimum absolute atomic E-state index is 0. The number of rotatable bonds is 8. The van der Waals surface area contributed by atoms with Gasteiger partial charge in [-0.2, -0.15) is 0 Å². The van der Waals surface area contributed by atoms with Crippen molar-refractivity contribution in [1.29, 1.82) is 0 Å². The maximum atomic E-state index is 5.64. The van der Waals surface area contributed by atoms with Crippen molar-refractivity contribution in [3.63, 3.8) is 0 Å². The van der Waals surface area contributed by atoms with Crippen LogP contribution in [0, 0.1) is 6.92 Å². The molecule has 2 rings (SSSR count). The first kappa shape index (κ1) is 20.9. The number of aliphatic imine (C=N–C) groups is 1. The van der Waals surface area contributed by atoms with Crippen LogP contribution in [0.5, 0.6) is 0 Å². The molecule has 0 aliphatic carbocycles. The number of aromatic nitrogens is 1. The van der Waals surface area contributed by atoms with Crippen LogP contribution in [0.1, 0.15) is 15.4 Å². The van der Waals surface area contributed by atoms with Gasteiger partial charge >= 0.3 is 0 Å². The summed E-state index contributed by atoms with van der Waals surface area (Å²) in [4.78, 5) is 9.80. The van der Waals surface area contributed by atoms with Crippen molar-refractivity contribution in [2.75, 3.05) is 26.7 Å². The molecule has 7 heteroatoms. The summed E-state index contributed by atoms with van der Waals surface area (Å²) >= 11 is 1.74. The molecule has 1 heterocycles. The van der Waals surface area contributed by atoms with Crippen molar-refractivity contribution in [3.8, 4) is 0 Å². The molecule has 0 atom stereocenters. The molecule has 0 unspecified atom stereocenters. The number of ether oxygens (including phenoxy) is 1. The van der Waals surface area contributed by atoms with Gasteiger partial charge in [-0.05, 0) is 12.5 Å². The Balaban J connectivity index is 0.00000288. The molecule has 0 aliphatic rings. The average molecular weight is 460 g/mol. The molecule has 0 bridgehead atoms. The maximum Gasteiger partial charge on any atom is 0.191 e. The van der Waals surface area contributed by atoms with Crippen molar-refractivity contribution in [1.82, 2.24) is 15.6 Å². The first-order valence-electron chi connectivity index (χ1n) is 7.75. The largest absolute Gasteiger partial charge is 0.375 e. The summed E-state index contributed by atoms with van der Waals surface area (Å²) < 4.78 is 5.64. The highest BCUT2D eigenvalue weighted by Gasteiger charge is 2.00. The van der Waals surface area contributed by atoms with Gasteiger partial charge in [-0.3, -0.25) is 4.99 Å². The minimum Gasteiger partial charge on any atom is -0.375 e. The van der Waals surface area contributed by atoms with E-state index < -0.39 is 0 Å². The van der Waals surface area contributed by atoms with Crippen molar-refractivity contribution >= 4 is 41.3 Å². The normalized spacial score (nSPS) is 11.0. The van der Waals surface area contributed by atoms with Crippen molar-refractivity contribution in [2.24, 2.45) is 4.99 Å². The zero-order chi connectivity index (χ0) is 16.3. The number of halogens is 1. The molecule has 0 amide bonds. The molecule has 2 aromatic rings. The number of nitrogens with zero attached hydrogens (tertiary/aromatic N) is 2. The Morgan fingerprint density at radius 3 is 2.62 bits per heavy atom. The molecule has 1 aromatic carbocycles. The molecule has 0 radical (unpaired) electrons. The molecule has 132 valence electrons. The topological polar surface area (TPSA) is 58.5 Å². The fraction of sp³-hybridized carbons (Fsp3) is 0.412. The van der Waals surface area contributed by atoms with E-state index in [1.165, 1.54) is 10.4 Å². The summed E-state index contributed by atoms with van der Waals surface area (Å²) in [6, 6.07) is 10.2. The van der Waals surface area contributed by atoms with E-state index in [2.05, 4.69) is 39.7 Å². The van der Waals surface area contributed by atoms with Gasteiger partial charge in [-0.25, -0.2) is 4.98 Å². The lowest BCUT2D eigenvalue weighted by Crippen LogP contribution is -2.39. The van der Waals surface area contributed by atoms with Crippen LogP contribution in [-0.2, 0) is 17.8 Å². The van der Waals surface area contributed by atoms with E-state index in [0.717, 1.165) is 30.5 Å². The van der Waals surface area contributed by atoms with Crippen LogP contribution in [0.15, 0.2) is 41.5 Å². The van der Waals surface area contributed by atoms with Crippen molar-refractivity contribution in [2.45, 2.75) is 20.0 Å². The number of hydrogen-bond donors (Lipinski definition) is 2. The van der Waals surface area contributed by atoms with Gasteiger partial charge in [0.25, 0.3) is 0 Å². The molecule has 5 nitrogen and oxygen atoms in total. The van der Waals surface area contributed by atoms with E-state index in [1.54, 1.807) is 18.4 Å². The van der Waals surface area contributed by atoms with Gasteiger partial charge in [0, 0.05) is 37.6 Å². The number of guanidine groups is 1. The second kappa shape index (κ2) is 12.2. The quantitative estimate of drug-likeness (QED) is 0.275. The minimum atomic E-state index is 0. The van der Waals surface area contributed by atoms with Gasteiger partial charge in [0.1, 0.15) is 0 Å². The molecular formula is C17H25IN4OS. The Morgan fingerprint density at radius 2 is 1.96 bits per heavy atom. The summed E-state index contributed by atoms with van der Waals surface area (Å²) in [5, 5.41) is 7.68. The van der Waals surface area contributed by atoms with Crippen LogP contribution in [0.3, 0.4) is 0 Å². The highest BCUT2D eigenvalue weighted by molar-refractivity contribution is 14.0. The van der Waals surface area contributed by atoms with Crippen molar-refractivity contribution in [3.05, 3.63) is 52.0 Å². The van der Waals surface area contributed by atoms with Crippen LogP contribution in [0.2, 0.25) is 0 Å². The van der Waals surface area contributed by atoms with Gasteiger partial charge < -0.3 is 15.4 Å². The summed E-state index contributed by atoms with van der Waals surface area (Å²) in [5.41, 5.74) is 1.19. The number of thiazole rings is 1. The van der Waals surface area contributed by atoms with E-state index in [-0.39, 0.29) is 24.0 Å². The number of benzene rings is 1. The van der Waals surface area contributed by atoms with E-state index in [9.17, 15) is 0 Å². The van der Waals surface area contributed by atoms with E-state index >= 15 is 0 Å². The maximum absolute atomic E-state index is 5.64. The highest BCUT2D eigenvalue weighted by Crippen LogP contribution is 2.10. The molecule has 2 N–H and O–H groups in total. The number of aryl methyl sites for hydroxylation is 1. The predicted molar refractivity (Wildman–Crippen MR) is 111 cm³/mol. The lowest BCUT2D eigenvalue weighted by molar-refractivity contribution is 0.125. The molecule has 0 spiro atoms. The van der Waals surface area contributed by atoms with Gasteiger partial charge in [0.15, 0.2) is 5.96 Å². The third kappa shape index (κ3) is 8.07. The second-order valence-corrected chi connectivity index (χ2v) is 6.40. The second-order valence-electron chi connectivity index (χ2n) is 5.08. The molecule has 1 aromatic heterocycles. The standard InChI is InChI=1S/C17H24N4OS.HI/c1-14-12-21-16(23-14)8-9-19-17(18-2)20-10-11-22-13-15-6-4-3-5-7-15;/h3-7,12H,8-11,13H2,1-2H3,(H2,18,19,20);1H. The Labute approximate surface area is 165 Å². The molecule has 0 aliphatic heterocycles. The van der Waals surface area contributed by atoms with Gasteiger partial charge in [-0.1, -0.05) is 30.3 Å². The Hall–Kier alpha value is -1.19. The molecule has 0 fully saturated rings. The molecule has 0 saturated carbocycles. The van der Waals surface area contributed by atoms with E-state index in [4.69, 9.17) is 4.74 Å². The average Bonchev–Trinajstić information content (AvgIpc) is 2.99.